The van der Waals surface area contributed by atoms with E-state index >= 15 is 0 Å². The van der Waals surface area contributed by atoms with Crippen molar-refractivity contribution < 1.29 is 4.79 Å². The molecule has 14 heavy (non-hydrogen) atoms. The molecule has 1 aromatic carbocycles. The highest BCUT2D eigenvalue weighted by Gasteiger charge is 2.30. The van der Waals surface area contributed by atoms with E-state index in [1.807, 2.05) is 30.3 Å². The summed E-state index contributed by atoms with van der Waals surface area (Å²) in [5.41, 5.74) is 1.03. The normalized spacial score (nSPS) is 17.5. The summed E-state index contributed by atoms with van der Waals surface area (Å²) in [6.45, 7) is 0. The molecule has 1 amide bonds. The highest BCUT2D eigenvalue weighted by Crippen LogP contribution is 2.30. The predicted octanol–water partition coefficient (Wildman–Crippen LogP) is 2.14. The van der Waals surface area contributed by atoms with Crippen LogP contribution in [0, 0.1) is 5.92 Å². The van der Waals surface area contributed by atoms with E-state index in [1.54, 1.807) is 0 Å². The van der Waals surface area contributed by atoms with Crippen molar-refractivity contribution in [2.75, 3.05) is 0 Å². The van der Waals surface area contributed by atoms with Crippen LogP contribution in [-0.2, 0) is 4.79 Å². The van der Waals surface area contributed by atoms with Crippen LogP contribution in [0.15, 0.2) is 30.3 Å². The van der Waals surface area contributed by atoms with E-state index in [1.165, 1.54) is 0 Å². The van der Waals surface area contributed by atoms with Gasteiger partial charge in [0, 0.05) is 5.92 Å². The number of nitrogens with one attached hydrogen (secondary N) is 1. The van der Waals surface area contributed by atoms with Gasteiger partial charge in [0.2, 0.25) is 5.91 Å². The topological polar surface area (TPSA) is 29.1 Å². The van der Waals surface area contributed by atoms with Crippen LogP contribution < -0.4 is 5.32 Å². The van der Waals surface area contributed by atoms with Crippen molar-refractivity contribution in [1.82, 2.24) is 5.32 Å². The Balaban J connectivity index is 1.95. The first-order chi connectivity index (χ1) is 6.77. The first-order valence-corrected chi connectivity index (χ1v) is 5.32. The van der Waals surface area contributed by atoms with Crippen molar-refractivity contribution in [3.05, 3.63) is 35.9 Å². The van der Waals surface area contributed by atoms with Gasteiger partial charge in [-0.05, 0) is 18.4 Å². The zero-order chi connectivity index (χ0) is 9.97. The quantitative estimate of drug-likeness (QED) is 0.577. The number of thiol groups is 1. The number of rotatable bonds is 3. The number of amides is 1. The minimum Gasteiger partial charge on any atom is -0.340 e. The van der Waals surface area contributed by atoms with Crippen LogP contribution >= 0.6 is 12.6 Å². The molecule has 0 radical (unpaired) electrons. The molecule has 2 rings (SSSR count). The molecule has 0 heterocycles. The molecule has 1 aromatic rings. The molecule has 1 aliphatic carbocycles. The Morgan fingerprint density at radius 3 is 2.57 bits per heavy atom. The molecule has 74 valence electrons. The molecule has 1 atom stereocenters. The van der Waals surface area contributed by atoms with Crippen molar-refractivity contribution >= 4 is 18.5 Å². The number of hydrogen-bond donors (Lipinski definition) is 2. The van der Waals surface area contributed by atoms with E-state index in [4.69, 9.17) is 0 Å². The van der Waals surface area contributed by atoms with Crippen LogP contribution in [0.25, 0.3) is 0 Å². The van der Waals surface area contributed by atoms with Gasteiger partial charge in [-0.1, -0.05) is 30.3 Å². The van der Waals surface area contributed by atoms with E-state index in [-0.39, 0.29) is 17.2 Å². The largest absolute Gasteiger partial charge is 0.340 e. The fraction of sp³-hybridized carbons (Fsp3) is 0.364. The third-order valence-corrected chi connectivity index (χ3v) is 2.77. The van der Waals surface area contributed by atoms with Crippen molar-refractivity contribution in [1.29, 1.82) is 0 Å². The van der Waals surface area contributed by atoms with E-state index < -0.39 is 0 Å². The van der Waals surface area contributed by atoms with Crippen LogP contribution in [0.2, 0.25) is 0 Å². The molecular formula is C11H13NOS. The molecule has 3 heteroatoms. The van der Waals surface area contributed by atoms with Gasteiger partial charge in [-0.25, -0.2) is 0 Å². The smallest absolute Gasteiger partial charge is 0.224 e. The summed E-state index contributed by atoms with van der Waals surface area (Å²) >= 11 is 4.35. The summed E-state index contributed by atoms with van der Waals surface area (Å²) in [6.07, 6.45) is 2.06. The Bertz CT molecular complexity index is 321. The Hall–Kier alpha value is -0.960. The molecule has 1 fully saturated rings. The molecule has 0 bridgehead atoms. The third-order valence-electron chi connectivity index (χ3n) is 2.34. The molecule has 2 nitrogen and oxygen atoms in total. The first kappa shape index (κ1) is 9.59. The van der Waals surface area contributed by atoms with Gasteiger partial charge < -0.3 is 5.32 Å². The lowest BCUT2D eigenvalue weighted by atomic mass is 10.2. The standard InChI is InChI=1S/C11H13NOS/c13-10(8-6-7-8)12-11(14)9-4-2-1-3-5-9/h1-5,8,11,14H,6-7H2,(H,12,13)/t11-/m0/s1. The summed E-state index contributed by atoms with van der Waals surface area (Å²) in [6, 6.07) is 9.77. The molecule has 0 spiro atoms. The number of benzene rings is 1. The van der Waals surface area contributed by atoms with Gasteiger partial charge in [-0.15, -0.1) is 12.6 Å². The van der Waals surface area contributed by atoms with Crippen LogP contribution in [0.3, 0.4) is 0 Å². The molecule has 1 N–H and O–H groups in total. The lowest BCUT2D eigenvalue weighted by Gasteiger charge is -2.12. The van der Waals surface area contributed by atoms with Gasteiger partial charge in [0.15, 0.2) is 0 Å². The summed E-state index contributed by atoms with van der Waals surface area (Å²) in [7, 11) is 0. The van der Waals surface area contributed by atoms with Gasteiger partial charge in [0.1, 0.15) is 0 Å². The van der Waals surface area contributed by atoms with Gasteiger partial charge in [-0.3, -0.25) is 4.79 Å². The van der Waals surface area contributed by atoms with Crippen LogP contribution in [0.5, 0.6) is 0 Å². The van der Waals surface area contributed by atoms with Crippen molar-refractivity contribution in [3.8, 4) is 0 Å². The maximum absolute atomic E-state index is 11.4. The monoisotopic (exact) mass is 207 g/mol. The molecule has 0 aliphatic heterocycles. The maximum atomic E-state index is 11.4. The van der Waals surface area contributed by atoms with Crippen LogP contribution in [0.1, 0.15) is 23.8 Å². The Labute approximate surface area is 89.1 Å². The van der Waals surface area contributed by atoms with Crippen LogP contribution in [0.4, 0.5) is 0 Å². The Kier molecular flexibility index (Phi) is 2.77. The fourth-order valence-corrected chi connectivity index (χ4v) is 1.62. The second kappa shape index (κ2) is 4.05. The summed E-state index contributed by atoms with van der Waals surface area (Å²) in [5, 5.41) is 2.71. The maximum Gasteiger partial charge on any atom is 0.224 e. The van der Waals surface area contributed by atoms with Crippen molar-refractivity contribution in [3.63, 3.8) is 0 Å². The summed E-state index contributed by atoms with van der Waals surface area (Å²) in [5.74, 6) is 0.377. The Morgan fingerprint density at radius 1 is 1.36 bits per heavy atom. The second-order valence-corrected chi connectivity index (χ2v) is 4.11. The minimum absolute atomic E-state index is 0.133. The molecule has 0 saturated heterocycles. The lowest BCUT2D eigenvalue weighted by molar-refractivity contribution is -0.122. The van der Waals surface area contributed by atoms with Crippen LogP contribution in [-0.4, -0.2) is 5.91 Å². The zero-order valence-corrected chi connectivity index (χ0v) is 8.71. The number of carbonyl (C=O) groups excluding carboxylic acids is 1. The summed E-state index contributed by atoms with van der Waals surface area (Å²) < 4.78 is 0. The summed E-state index contributed by atoms with van der Waals surface area (Å²) in [4.78, 5) is 11.4. The van der Waals surface area contributed by atoms with E-state index in [9.17, 15) is 4.79 Å². The van der Waals surface area contributed by atoms with Gasteiger partial charge in [0.25, 0.3) is 0 Å². The predicted molar refractivity (Wildman–Crippen MR) is 59.0 cm³/mol. The zero-order valence-electron chi connectivity index (χ0n) is 7.81. The molecule has 1 aliphatic rings. The fourth-order valence-electron chi connectivity index (χ4n) is 1.32. The highest BCUT2D eigenvalue weighted by atomic mass is 32.1. The van der Waals surface area contributed by atoms with Gasteiger partial charge in [-0.2, -0.15) is 0 Å². The minimum atomic E-state index is -0.177. The highest BCUT2D eigenvalue weighted by molar-refractivity contribution is 7.80. The Morgan fingerprint density at radius 2 is 2.00 bits per heavy atom. The first-order valence-electron chi connectivity index (χ1n) is 4.81. The SMILES string of the molecule is O=C(N[C@@H](S)c1ccccc1)C1CC1. The number of carbonyl (C=O) groups is 1. The molecule has 1 saturated carbocycles. The average Bonchev–Trinajstić information content (AvgIpc) is 3.02. The van der Waals surface area contributed by atoms with E-state index in [2.05, 4.69) is 17.9 Å². The average molecular weight is 207 g/mol. The molecule has 0 aromatic heterocycles. The van der Waals surface area contributed by atoms with E-state index in [0.29, 0.717) is 0 Å². The lowest BCUT2D eigenvalue weighted by Crippen LogP contribution is -2.26. The van der Waals surface area contributed by atoms with Crippen molar-refractivity contribution in [2.24, 2.45) is 5.92 Å². The van der Waals surface area contributed by atoms with Gasteiger partial charge in [0.05, 0.1) is 5.37 Å². The number of hydrogen-bond acceptors (Lipinski definition) is 2. The second-order valence-electron chi connectivity index (χ2n) is 3.60. The third kappa shape index (κ3) is 2.29. The van der Waals surface area contributed by atoms with Gasteiger partial charge >= 0.3 is 0 Å². The van der Waals surface area contributed by atoms with Crippen molar-refractivity contribution in [2.45, 2.75) is 18.2 Å². The molecular weight excluding hydrogens is 194 g/mol. The van der Waals surface area contributed by atoms with E-state index in [0.717, 1.165) is 18.4 Å². The molecule has 0 unspecified atom stereocenters.